The minimum Gasteiger partial charge on any atom is -0.321 e. The van der Waals surface area contributed by atoms with E-state index < -0.39 is 0 Å². The lowest BCUT2D eigenvalue weighted by Crippen LogP contribution is -2.26. The van der Waals surface area contributed by atoms with Crippen LogP contribution in [0.2, 0.25) is 0 Å². The lowest BCUT2D eigenvalue weighted by Gasteiger charge is -2.06. The Morgan fingerprint density at radius 3 is 2.71 bits per heavy atom. The molecule has 0 radical (unpaired) electrons. The van der Waals surface area contributed by atoms with Crippen LogP contribution < -0.4 is 5.62 Å². The molecule has 0 unspecified atom stereocenters. The van der Waals surface area contributed by atoms with Gasteiger partial charge in [0.15, 0.2) is 0 Å². The summed E-state index contributed by atoms with van der Waals surface area (Å²) in [7, 11) is 3.79. The Morgan fingerprint density at radius 2 is 2.07 bits per heavy atom. The third kappa shape index (κ3) is 1.07. The molecule has 2 aromatic rings. The maximum atomic E-state index is 4.36. The molecule has 0 spiro atoms. The first-order chi connectivity index (χ1) is 6.65. The lowest BCUT2D eigenvalue weighted by molar-refractivity contribution is 0.739. The largest absolute Gasteiger partial charge is 0.321 e. The summed E-state index contributed by atoms with van der Waals surface area (Å²) in [5.41, 5.74) is 4.18. The average molecular weight is 190 g/mol. The van der Waals surface area contributed by atoms with E-state index in [0.717, 1.165) is 22.5 Å². The van der Waals surface area contributed by atoms with Gasteiger partial charge in [-0.3, -0.25) is 9.39 Å². The molecule has 0 aromatic carbocycles. The summed E-state index contributed by atoms with van der Waals surface area (Å²) < 4.78 is 4.08. The Kier molecular flexibility index (Phi) is 1.91. The van der Waals surface area contributed by atoms with Gasteiger partial charge < -0.3 is 4.57 Å². The SMILES string of the molecule is C/N=c1/n(C)cc(C)c2ncc(C)n12. The molecule has 2 heterocycles. The number of hydrogen-bond acceptors (Lipinski definition) is 2. The molecule has 0 aliphatic heterocycles. The summed E-state index contributed by atoms with van der Waals surface area (Å²) in [5, 5.41) is 0. The Hall–Kier alpha value is -1.58. The van der Waals surface area contributed by atoms with Crippen molar-refractivity contribution in [1.29, 1.82) is 0 Å². The summed E-state index contributed by atoms with van der Waals surface area (Å²) in [5.74, 6) is 0. The Balaban J connectivity index is 3.11. The maximum absolute atomic E-state index is 4.36. The van der Waals surface area contributed by atoms with Gasteiger partial charge in [0.2, 0.25) is 5.62 Å². The number of aromatic nitrogens is 3. The van der Waals surface area contributed by atoms with Crippen LogP contribution in [0, 0.1) is 13.8 Å². The van der Waals surface area contributed by atoms with E-state index in [-0.39, 0.29) is 0 Å². The molecular weight excluding hydrogens is 176 g/mol. The van der Waals surface area contributed by atoms with Crippen LogP contribution in [-0.4, -0.2) is 21.0 Å². The third-order valence-electron chi connectivity index (χ3n) is 2.39. The fourth-order valence-corrected chi connectivity index (χ4v) is 1.79. The molecule has 0 aliphatic carbocycles. The first-order valence-electron chi connectivity index (χ1n) is 4.58. The zero-order valence-corrected chi connectivity index (χ0v) is 8.94. The summed E-state index contributed by atoms with van der Waals surface area (Å²) in [4.78, 5) is 8.62. The van der Waals surface area contributed by atoms with E-state index in [1.54, 1.807) is 7.05 Å². The summed E-state index contributed by atoms with van der Waals surface area (Å²) in [6.45, 7) is 4.09. The fourth-order valence-electron chi connectivity index (χ4n) is 1.79. The summed E-state index contributed by atoms with van der Waals surface area (Å²) in [6, 6.07) is 0. The van der Waals surface area contributed by atoms with E-state index in [2.05, 4.69) is 21.3 Å². The van der Waals surface area contributed by atoms with Crippen LogP contribution in [0.3, 0.4) is 0 Å². The van der Waals surface area contributed by atoms with Gasteiger partial charge in [-0.05, 0) is 13.8 Å². The lowest BCUT2D eigenvalue weighted by atomic mass is 10.3. The van der Waals surface area contributed by atoms with Gasteiger partial charge >= 0.3 is 0 Å². The highest BCUT2D eigenvalue weighted by molar-refractivity contribution is 5.46. The van der Waals surface area contributed by atoms with Gasteiger partial charge in [0.1, 0.15) is 5.65 Å². The monoisotopic (exact) mass is 190 g/mol. The van der Waals surface area contributed by atoms with Crippen molar-refractivity contribution in [1.82, 2.24) is 14.0 Å². The van der Waals surface area contributed by atoms with Crippen molar-refractivity contribution in [3.63, 3.8) is 0 Å². The molecule has 0 saturated heterocycles. The second-order valence-corrected chi connectivity index (χ2v) is 3.51. The third-order valence-corrected chi connectivity index (χ3v) is 2.39. The standard InChI is InChI=1S/C10H14N4/c1-7-6-13(4)10(11-3)14-8(2)5-12-9(7)14/h5-6H,1-4H3/b11-10-. The number of fused-ring (bicyclic) bond motifs is 1. The molecule has 2 aromatic heterocycles. The van der Waals surface area contributed by atoms with Crippen LogP contribution >= 0.6 is 0 Å². The molecule has 4 heteroatoms. The second-order valence-electron chi connectivity index (χ2n) is 3.51. The van der Waals surface area contributed by atoms with E-state index in [1.165, 1.54) is 0 Å². The minimum atomic E-state index is 0.917. The molecule has 0 aliphatic rings. The van der Waals surface area contributed by atoms with Crippen LogP contribution in [0.25, 0.3) is 5.65 Å². The van der Waals surface area contributed by atoms with E-state index in [4.69, 9.17) is 0 Å². The zero-order chi connectivity index (χ0) is 10.3. The van der Waals surface area contributed by atoms with Crippen LogP contribution in [0.5, 0.6) is 0 Å². The van der Waals surface area contributed by atoms with Crippen molar-refractivity contribution in [3.8, 4) is 0 Å². The van der Waals surface area contributed by atoms with Gasteiger partial charge in [-0.2, -0.15) is 0 Å². The molecule has 0 bridgehead atoms. The van der Waals surface area contributed by atoms with Crippen molar-refractivity contribution >= 4 is 5.65 Å². The van der Waals surface area contributed by atoms with E-state index in [0.29, 0.717) is 0 Å². The molecule has 0 fully saturated rings. The summed E-state index contributed by atoms with van der Waals surface area (Å²) in [6.07, 6.45) is 3.92. The number of nitrogens with zero attached hydrogens (tertiary/aromatic N) is 4. The Labute approximate surface area is 82.6 Å². The number of hydrogen-bond donors (Lipinski definition) is 0. The normalized spacial score (nSPS) is 12.7. The van der Waals surface area contributed by atoms with Crippen LogP contribution in [0.15, 0.2) is 17.4 Å². The fraction of sp³-hybridized carbons (Fsp3) is 0.400. The summed E-state index contributed by atoms with van der Waals surface area (Å²) >= 11 is 0. The highest BCUT2D eigenvalue weighted by Crippen LogP contribution is 2.06. The first-order valence-corrected chi connectivity index (χ1v) is 4.58. The zero-order valence-electron chi connectivity index (χ0n) is 8.94. The highest BCUT2D eigenvalue weighted by Gasteiger charge is 2.05. The number of aryl methyl sites for hydroxylation is 3. The molecule has 0 amide bonds. The van der Waals surface area contributed by atoms with Crippen LogP contribution in [0.4, 0.5) is 0 Å². The number of rotatable bonds is 0. The molecule has 0 N–H and O–H groups in total. The smallest absolute Gasteiger partial charge is 0.210 e. The van der Waals surface area contributed by atoms with Gasteiger partial charge in [0.05, 0.1) is 0 Å². The minimum absolute atomic E-state index is 0.917. The Bertz CT molecular complexity index is 545. The molecule has 4 nitrogen and oxygen atoms in total. The van der Waals surface area contributed by atoms with E-state index in [9.17, 15) is 0 Å². The van der Waals surface area contributed by atoms with Gasteiger partial charge in [0.25, 0.3) is 0 Å². The van der Waals surface area contributed by atoms with E-state index >= 15 is 0 Å². The van der Waals surface area contributed by atoms with Crippen molar-refractivity contribution in [2.75, 3.05) is 7.05 Å². The van der Waals surface area contributed by atoms with Crippen LogP contribution in [-0.2, 0) is 7.05 Å². The second kappa shape index (κ2) is 2.97. The first kappa shape index (κ1) is 8.99. The molecular formula is C10H14N4. The van der Waals surface area contributed by atoms with Crippen LogP contribution in [0.1, 0.15) is 11.3 Å². The highest BCUT2D eigenvalue weighted by atomic mass is 15.2. The average Bonchev–Trinajstić information content (AvgIpc) is 2.50. The maximum Gasteiger partial charge on any atom is 0.210 e. The predicted molar refractivity (Wildman–Crippen MR) is 55.1 cm³/mol. The van der Waals surface area contributed by atoms with Crippen molar-refractivity contribution in [2.45, 2.75) is 13.8 Å². The van der Waals surface area contributed by atoms with Gasteiger partial charge in [-0.25, -0.2) is 4.98 Å². The molecule has 14 heavy (non-hydrogen) atoms. The number of imidazole rings is 1. The van der Waals surface area contributed by atoms with Gasteiger partial charge in [-0.15, -0.1) is 0 Å². The van der Waals surface area contributed by atoms with Gasteiger partial charge in [-0.1, -0.05) is 0 Å². The van der Waals surface area contributed by atoms with Crippen molar-refractivity contribution in [3.05, 3.63) is 29.3 Å². The molecule has 0 atom stereocenters. The quantitative estimate of drug-likeness (QED) is 0.605. The van der Waals surface area contributed by atoms with Crippen molar-refractivity contribution < 1.29 is 0 Å². The molecule has 2 rings (SSSR count). The topological polar surface area (TPSA) is 34.6 Å². The predicted octanol–water partition coefficient (Wildman–Crippen LogP) is 0.820. The van der Waals surface area contributed by atoms with E-state index in [1.807, 2.05) is 30.9 Å². The molecule has 0 saturated carbocycles. The molecule has 74 valence electrons. The van der Waals surface area contributed by atoms with Gasteiger partial charge in [0, 0.05) is 37.7 Å². The van der Waals surface area contributed by atoms with Crippen molar-refractivity contribution in [2.24, 2.45) is 12.0 Å². The Morgan fingerprint density at radius 1 is 1.36 bits per heavy atom.